The van der Waals surface area contributed by atoms with Crippen molar-refractivity contribution < 1.29 is 31.5 Å². The van der Waals surface area contributed by atoms with Gasteiger partial charge in [0.25, 0.3) is 0 Å². The molecule has 0 amide bonds. The second kappa shape index (κ2) is 4.83. The summed E-state index contributed by atoms with van der Waals surface area (Å²) in [5.74, 6) is -6.32. The maximum Gasteiger partial charge on any atom is 0.403 e. The molecule has 4 nitrogen and oxygen atoms in total. The second-order valence-electron chi connectivity index (χ2n) is 4.17. The highest BCUT2D eigenvalue weighted by molar-refractivity contribution is 7.92. The van der Waals surface area contributed by atoms with Crippen molar-refractivity contribution in [1.82, 2.24) is 0 Å². The van der Waals surface area contributed by atoms with Gasteiger partial charge in [-0.05, 0) is 12.8 Å². The molecule has 1 aliphatic carbocycles. The van der Waals surface area contributed by atoms with Crippen molar-refractivity contribution in [3.63, 3.8) is 0 Å². The number of halogens is 3. The van der Waals surface area contributed by atoms with Crippen molar-refractivity contribution >= 4 is 15.8 Å². The maximum absolute atomic E-state index is 12.3. The van der Waals surface area contributed by atoms with E-state index < -0.39 is 38.9 Å². The van der Waals surface area contributed by atoms with Crippen molar-refractivity contribution in [2.45, 2.75) is 37.1 Å². The van der Waals surface area contributed by atoms with E-state index in [4.69, 9.17) is 5.11 Å². The van der Waals surface area contributed by atoms with E-state index in [2.05, 4.69) is 0 Å². The Hall–Kier alpha value is -0.790. The third-order valence-electron chi connectivity index (χ3n) is 2.90. The quantitative estimate of drug-likeness (QED) is 0.845. The Morgan fingerprint density at radius 1 is 1.29 bits per heavy atom. The smallest absolute Gasteiger partial charge is 0.403 e. The number of carboxylic acid groups (broad SMARTS) is 1. The number of aliphatic carboxylic acids is 1. The van der Waals surface area contributed by atoms with Gasteiger partial charge in [-0.15, -0.1) is 0 Å². The summed E-state index contributed by atoms with van der Waals surface area (Å²) in [6.07, 6.45) is -3.06. The summed E-state index contributed by atoms with van der Waals surface area (Å²) in [5, 5.41) is 7.62. The topological polar surface area (TPSA) is 71.4 Å². The van der Waals surface area contributed by atoms with Gasteiger partial charge in [0.2, 0.25) is 0 Å². The molecule has 17 heavy (non-hydrogen) atoms. The van der Waals surface area contributed by atoms with Gasteiger partial charge in [0.15, 0.2) is 15.8 Å². The summed E-state index contributed by atoms with van der Waals surface area (Å²) in [5.41, 5.74) is 0. The molecule has 1 aliphatic rings. The number of alkyl halides is 3. The van der Waals surface area contributed by atoms with E-state index >= 15 is 0 Å². The fourth-order valence-corrected chi connectivity index (χ4v) is 4.04. The molecule has 1 N–H and O–H groups in total. The average molecular weight is 274 g/mol. The number of hydrogen-bond acceptors (Lipinski definition) is 3. The minimum atomic E-state index is -5.03. The van der Waals surface area contributed by atoms with Crippen LogP contribution in [0.15, 0.2) is 0 Å². The average Bonchev–Trinajstić information content (AvgIpc) is 2.65. The van der Waals surface area contributed by atoms with Crippen LogP contribution in [-0.2, 0) is 14.6 Å². The van der Waals surface area contributed by atoms with E-state index in [0.29, 0.717) is 25.7 Å². The summed E-state index contributed by atoms with van der Waals surface area (Å²) < 4.78 is 60.3. The van der Waals surface area contributed by atoms with Crippen LogP contribution in [0.25, 0.3) is 0 Å². The molecule has 1 rings (SSSR count). The third kappa shape index (κ3) is 3.58. The Bertz CT molecular complexity index is 382. The fraction of sp³-hybridized carbons (Fsp3) is 0.889. The van der Waals surface area contributed by atoms with Gasteiger partial charge in [-0.25, -0.2) is 8.42 Å². The van der Waals surface area contributed by atoms with Crippen LogP contribution in [0.5, 0.6) is 0 Å². The summed E-state index contributed by atoms with van der Waals surface area (Å²) in [6.45, 7) is 0. The Labute approximate surface area is 96.7 Å². The highest BCUT2D eigenvalue weighted by atomic mass is 32.2. The third-order valence-corrected chi connectivity index (χ3v) is 5.19. The first kappa shape index (κ1) is 14.3. The molecule has 0 aromatic heterocycles. The van der Waals surface area contributed by atoms with Crippen LogP contribution in [0, 0.1) is 5.92 Å². The van der Waals surface area contributed by atoms with Crippen LogP contribution >= 0.6 is 0 Å². The van der Waals surface area contributed by atoms with E-state index in [0.717, 1.165) is 0 Å². The van der Waals surface area contributed by atoms with Crippen LogP contribution in [-0.4, -0.2) is 36.7 Å². The lowest BCUT2D eigenvalue weighted by Gasteiger charge is -2.18. The number of hydrogen-bond donors (Lipinski definition) is 1. The fourth-order valence-electron chi connectivity index (χ4n) is 1.92. The van der Waals surface area contributed by atoms with Crippen molar-refractivity contribution in [2.24, 2.45) is 5.92 Å². The standard InChI is InChI=1S/C9H13F3O4S/c10-9(11,12)7(8(13)14)5-17(15,16)6-3-1-2-4-6/h6-7H,1-5H2,(H,13,14). The minimum absolute atomic E-state index is 0.326. The van der Waals surface area contributed by atoms with E-state index in [1.54, 1.807) is 0 Å². The van der Waals surface area contributed by atoms with Crippen molar-refractivity contribution in [3.8, 4) is 0 Å². The minimum Gasteiger partial charge on any atom is -0.481 e. The molecule has 1 atom stereocenters. The second-order valence-corrected chi connectivity index (χ2v) is 6.49. The monoisotopic (exact) mass is 274 g/mol. The molecule has 0 bridgehead atoms. The molecule has 0 saturated heterocycles. The molecule has 1 unspecified atom stereocenters. The van der Waals surface area contributed by atoms with Crippen molar-refractivity contribution in [1.29, 1.82) is 0 Å². The number of rotatable bonds is 4. The van der Waals surface area contributed by atoms with Gasteiger partial charge < -0.3 is 5.11 Å². The lowest BCUT2D eigenvalue weighted by molar-refractivity contribution is -0.189. The van der Waals surface area contributed by atoms with Gasteiger partial charge in [-0.3, -0.25) is 4.79 Å². The molecule has 100 valence electrons. The molecule has 0 aromatic carbocycles. The molecule has 0 aliphatic heterocycles. The zero-order valence-electron chi connectivity index (χ0n) is 8.90. The Morgan fingerprint density at radius 3 is 2.12 bits per heavy atom. The van der Waals surface area contributed by atoms with Crippen LogP contribution in [0.3, 0.4) is 0 Å². The molecule has 1 saturated carbocycles. The van der Waals surface area contributed by atoms with Crippen LogP contribution < -0.4 is 0 Å². The molecule has 1 fully saturated rings. The van der Waals surface area contributed by atoms with Crippen molar-refractivity contribution in [2.75, 3.05) is 5.75 Å². The maximum atomic E-state index is 12.3. The summed E-state index contributed by atoms with van der Waals surface area (Å²) in [4.78, 5) is 10.5. The Balaban J connectivity index is 2.83. The number of sulfone groups is 1. The predicted molar refractivity (Wildman–Crippen MR) is 53.2 cm³/mol. The lowest BCUT2D eigenvalue weighted by Crippen LogP contribution is -2.38. The van der Waals surface area contributed by atoms with Crippen LogP contribution in [0.1, 0.15) is 25.7 Å². The summed E-state index contributed by atoms with van der Waals surface area (Å²) >= 11 is 0. The zero-order valence-corrected chi connectivity index (χ0v) is 9.72. The van der Waals surface area contributed by atoms with E-state index in [-0.39, 0.29) is 0 Å². The molecule has 0 spiro atoms. The molecular weight excluding hydrogens is 261 g/mol. The number of carboxylic acids is 1. The van der Waals surface area contributed by atoms with Gasteiger partial charge in [0.1, 0.15) is 0 Å². The van der Waals surface area contributed by atoms with Gasteiger partial charge in [-0.2, -0.15) is 13.2 Å². The van der Waals surface area contributed by atoms with Crippen molar-refractivity contribution in [3.05, 3.63) is 0 Å². The molecule has 0 heterocycles. The zero-order chi connectivity index (χ0) is 13.3. The predicted octanol–water partition coefficient (Wildman–Crippen LogP) is 1.61. The lowest BCUT2D eigenvalue weighted by atomic mass is 10.2. The summed E-state index contributed by atoms with van der Waals surface area (Å²) in [7, 11) is -3.99. The molecule has 8 heteroatoms. The molecular formula is C9H13F3O4S. The first-order valence-electron chi connectivity index (χ1n) is 5.15. The van der Waals surface area contributed by atoms with E-state index in [1.165, 1.54) is 0 Å². The van der Waals surface area contributed by atoms with Gasteiger partial charge in [-0.1, -0.05) is 12.8 Å². The van der Waals surface area contributed by atoms with Gasteiger partial charge >= 0.3 is 12.1 Å². The highest BCUT2D eigenvalue weighted by Gasteiger charge is 2.48. The Morgan fingerprint density at radius 2 is 1.76 bits per heavy atom. The van der Waals surface area contributed by atoms with Gasteiger partial charge in [0.05, 0.1) is 11.0 Å². The van der Waals surface area contributed by atoms with Crippen LogP contribution in [0.4, 0.5) is 13.2 Å². The number of carbonyl (C=O) groups is 1. The SMILES string of the molecule is O=C(O)C(CS(=O)(=O)C1CCCC1)C(F)(F)F. The molecule has 0 radical (unpaired) electrons. The normalized spacial score (nSPS) is 20.4. The largest absolute Gasteiger partial charge is 0.481 e. The van der Waals surface area contributed by atoms with E-state index in [9.17, 15) is 26.4 Å². The Kier molecular flexibility index (Phi) is 4.06. The molecule has 0 aromatic rings. The van der Waals surface area contributed by atoms with Gasteiger partial charge in [0, 0.05) is 0 Å². The first-order chi connectivity index (χ1) is 7.64. The van der Waals surface area contributed by atoms with Crippen LogP contribution in [0.2, 0.25) is 0 Å². The first-order valence-corrected chi connectivity index (χ1v) is 6.87. The highest BCUT2D eigenvalue weighted by Crippen LogP contribution is 2.32. The summed E-state index contributed by atoms with van der Waals surface area (Å²) in [6, 6.07) is 0. The van der Waals surface area contributed by atoms with E-state index in [1.807, 2.05) is 0 Å².